The Bertz CT molecular complexity index is 1300. The van der Waals surface area contributed by atoms with Gasteiger partial charge in [-0.25, -0.2) is 0 Å². The molecule has 10 nitrogen and oxygen atoms in total. The minimum absolute atomic E-state index is 0.0184. The second kappa shape index (κ2) is 8.57. The van der Waals surface area contributed by atoms with Gasteiger partial charge in [-0.05, 0) is 35.9 Å². The van der Waals surface area contributed by atoms with E-state index in [9.17, 15) is 30.3 Å². The number of ether oxygens (including phenoxy) is 4. The Morgan fingerprint density at radius 3 is 2.23 bits per heavy atom. The van der Waals surface area contributed by atoms with Crippen molar-refractivity contribution < 1.29 is 49.3 Å². The third-order valence-electron chi connectivity index (χ3n) is 6.03. The van der Waals surface area contributed by atoms with Crippen LogP contribution in [0.5, 0.6) is 40.2 Å². The molecule has 0 fully saturated rings. The molecule has 2 heterocycles. The summed E-state index contributed by atoms with van der Waals surface area (Å²) in [5.41, 5.74) is 0.938. The number of carbonyl (C=O) groups excluding carboxylic acids is 1. The molecule has 4 atom stereocenters. The van der Waals surface area contributed by atoms with Gasteiger partial charge in [-0.1, -0.05) is 12.1 Å². The largest absolute Gasteiger partial charge is 0.504 e. The van der Waals surface area contributed by atoms with Gasteiger partial charge in [-0.3, -0.25) is 4.79 Å². The van der Waals surface area contributed by atoms with Gasteiger partial charge in [0.05, 0.1) is 19.3 Å². The number of Topliss-reactive ketones (excluding diaryl/α,β-unsaturated/α-hetero) is 1. The highest BCUT2D eigenvalue weighted by atomic mass is 16.6. The number of phenols is 3. The topological polar surface area (TPSA) is 155 Å². The lowest BCUT2D eigenvalue weighted by Crippen LogP contribution is -2.37. The van der Waals surface area contributed by atoms with Crippen LogP contribution < -0.4 is 18.9 Å². The van der Waals surface area contributed by atoms with Gasteiger partial charge >= 0.3 is 0 Å². The van der Waals surface area contributed by atoms with Crippen LogP contribution in [0.15, 0.2) is 48.5 Å². The Hall–Kier alpha value is -4.15. The molecule has 0 radical (unpaired) electrons. The highest BCUT2D eigenvalue weighted by Gasteiger charge is 2.39. The zero-order valence-corrected chi connectivity index (χ0v) is 18.4. The summed E-state index contributed by atoms with van der Waals surface area (Å²) in [5.74, 6) is -0.810. The van der Waals surface area contributed by atoms with Crippen LogP contribution in [0.2, 0.25) is 0 Å². The maximum absolute atomic E-state index is 12.7. The molecule has 0 saturated carbocycles. The molecule has 0 saturated heterocycles. The van der Waals surface area contributed by atoms with E-state index in [-0.39, 0.29) is 35.2 Å². The standard InChI is InChI=1S/C25H22O10/c1-32-19-6-11(2-4-14(19)27)24-21(10-26)33-17-5-3-12(7-20(17)35-24)25-23(31)22(30)13-8-15(28)16(29)9-18(13)34-25/h2-9,21,23-29,31H,10H2,1H3. The van der Waals surface area contributed by atoms with Crippen LogP contribution in [0.4, 0.5) is 0 Å². The van der Waals surface area contributed by atoms with Crippen molar-refractivity contribution in [3.05, 3.63) is 65.2 Å². The number of carbonyl (C=O) groups is 1. The minimum atomic E-state index is -1.57. The van der Waals surface area contributed by atoms with E-state index in [4.69, 9.17) is 18.9 Å². The van der Waals surface area contributed by atoms with E-state index >= 15 is 0 Å². The van der Waals surface area contributed by atoms with Crippen molar-refractivity contribution >= 4 is 5.78 Å². The molecule has 5 rings (SSSR count). The van der Waals surface area contributed by atoms with E-state index < -0.39 is 41.7 Å². The van der Waals surface area contributed by atoms with Crippen LogP contribution in [-0.2, 0) is 0 Å². The number of aromatic hydroxyl groups is 3. The molecular formula is C25H22O10. The highest BCUT2D eigenvalue weighted by molar-refractivity contribution is 6.03. The maximum atomic E-state index is 12.7. The molecule has 3 aromatic carbocycles. The van der Waals surface area contributed by atoms with Crippen LogP contribution in [0.1, 0.15) is 33.7 Å². The van der Waals surface area contributed by atoms with Crippen LogP contribution in [-0.4, -0.2) is 57.2 Å². The molecule has 0 spiro atoms. The van der Waals surface area contributed by atoms with E-state index in [1.165, 1.54) is 13.2 Å². The SMILES string of the molecule is COc1cc(C2Oc3cc(C4Oc5cc(O)c(O)cc5C(=O)C4O)ccc3OC2CO)ccc1O. The second-order valence-electron chi connectivity index (χ2n) is 8.20. The summed E-state index contributed by atoms with van der Waals surface area (Å²) in [6.45, 7) is -0.346. The number of benzene rings is 3. The predicted octanol–water partition coefficient (Wildman–Crippen LogP) is 2.36. The molecule has 4 unspecified atom stereocenters. The summed E-state index contributed by atoms with van der Waals surface area (Å²) in [7, 11) is 1.41. The Labute approximate surface area is 199 Å². The van der Waals surface area contributed by atoms with Crippen molar-refractivity contribution in [2.75, 3.05) is 13.7 Å². The van der Waals surface area contributed by atoms with Crippen molar-refractivity contribution in [2.24, 2.45) is 0 Å². The molecule has 2 aliphatic heterocycles. The van der Waals surface area contributed by atoms with Crippen LogP contribution in [0.25, 0.3) is 0 Å². The zero-order valence-electron chi connectivity index (χ0n) is 18.4. The number of aliphatic hydroxyl groups is 2. The van der Waals surface area contributed by atoms with Crippen LogP contribution in [0.3, 0.4) is 0 Å². The molecule has 2 aliphatic rings. The molecule has 0 bridgehead atoms. The Kier molecular flexibility index (Phi) is 5.54. The van der Waals surface area contributed by atoms with Crippen molar-refractivity contribution in [1.29, 1.82) is 0 Å². The third kappa shape index (κ3) is 3.82. The Morgan fingerprint density at radius 1 is 0.800 bits per heavy atom. The smallest absolute Gasteiger partial charge is 0.199 e. The molecule has 35 heavy (non-hydrogen) atoms. The quantitative estimate of drug-likeness (QED) is 0.350. The molecular weight excluding hydrogens is 460 g/mol. The number of hydrogen-bond donors (Lipinski definition) is 5. The molecule has 3 aromatic rings. The molecule has 10 heteroatoms. The molecule has 0 amide bonds. The zero-order chi connectivity index (χ0) is 24.9. The number of aliphatic hydroxyl groups excluding tert-OH is 2. The van der Waals surface area contributed by atoms with Gasteiger partial charge in [0.1, 0.15) is 5.75 Å². The van der Waals surface area contributed by atoms with E-state index in [1.807, 2.05) is 0 Å². The van der Waals surface area contributed by atoms with Gasteiger partial charge in [0, 0.05) is 11.6 Å². The Morgan fingerprint density at radius 2 is 1.49 bits per heavy atom. The summed E-state index contributed by atoms with van der Waals surface area (Å²) in [6, 6.07) is 11.5. The monoisotopic (exact) mass is 482 g/mol. The highest BCUT2D eigenvalue weighted by Crippen LogP contribution is 2.45. The van der Waals surface area contributed by atoms with Gasteiger partial charge in [0.25, 0.3) is 0 Å². The Balaban J connectivity index is 1.49. The summed E-state index contributed by atoms with van der Waals surface area (Å²) in [5, 5.41) is 49.9. The minimum Gasteiger partial charge on any atom is -0.504 e. The van der Waals surface area contributed by atoms with Crippen LogP contribution >= 0.6 is 0 Å². The average molecular weight is 482 g/mol. The number of hydrogen-bond acceptors (Lipinski definition) is 10. The van der Waals surface area contributed by atoms with E-state index in [0.717, 1.165) is 12.1 Å². The fourth-order valence-corrected chi connectivity index (χ4v) is 4.21. The van der Waals surface area contributed by atoms with Gasteiger partial charge in [-0.15, -0.1) is 0 Å². The third-order valence-corrected chi connectivity index (χ3v) is 6.03. The van der Waals surface area contributed by atoms with Gasteiger partial charge in [0.2, 0.25) is 0 Å². The lowest BCUT2D eigenvalue weighted by atomic mass is 9.93. The van der Waals surface area contributed by atoms with Gasteiger partial charge < -0.3 is 44.5 Å². The molecule has 0 aromatic heterocycles. The maximum Gasteiger partial charge on any atom is 0.199 e. The van der Waals surface area contributed by atoms with Crippen molar-refractivity contribution in [3.63, 3.8) is 0 Å². The number of phenolic OH excluding ortho intramolecular Hbond substituents is 3. The predicted molar refractivity (Wildman–Crippen MR) is 119 cm³/mol. The van der Waals surface area contributed by atoms with E-state index in [1.54, 1.807) is 30.3 Å². The normalized spacial score (nSPS) is 22.8. The van der Waals surface area contributed by atoms with E-state index in [2.05, 4.69) is 0 Å². The fraction of sp³-hybridized carbons (Fsp3) is 0.240. The first kappa shape index (κ1) is 22.6. The lowest BCUT2D eigenvalue weighted by Gasteiger charge is -2.35. The van der Waals surface area contributed by atoms with Crippen molar-refractivity contribution in [1.82, 2.24) is 0 Å². The van der Waals surface area contributed by atoms with Gasteiger partial charge in [-0.2, -0.15) is 0 Å². The molecule has 182 valence electrons. The number of methoxy groups -OCH3 is 1. The first-order valence-corrected chi connectivity index (χ1v) is 10.7. The van der Waals surface area contributed by atoms with Crippen molar-refractivity contribution in [2.45, 2.75) is 24.4 Å². The van der Waals surface area contributed by atoms with E-state index in [0.29, 0.717) is 16.9 Å². The number of fused-ring (bicyclic) bond motifs is 2. The molecule has 5 N–H and O–H groups in total. The van der Waals surface area contributed by atoms with Crippen molar-refractivity contribution in [3.8, 4) is 40.2 Å². The first-order valence-electron chi connectivity index (χ1n) is 10.7. The number of ketones is 1. The summed E-state index contributed by atoms with van der Waals surface area (Å²) >= 11 is 0. The fourth-order valence-electron chi connectivity index (χ4n) is 4.21. The number of rotatable bonds is 4. The van der Waals surface area contributed by atoms with Gasteiger partial charge in [0.15, 0.2) is 64.7 Å². The lowest BCUT2D eigenvalue weighted by molar-refractivity contribution is -0.0130. The van der Waals surface area contributed by atoms with Crippen LogP contribution in [0, 0.1) is 0 Å². The summed E-state index contributed by atoms with van der Waals surface area (Å²) in [6.07, 6.45) is -4.19. The summed E-state index contributed by atoms with van der Waals surface area (Å²) in [4.78, 5) is 12.7. The molecule has 0 aliphatic carbocycles. The first-order chi connectivity index (χ1) is 16.8. The summed E-state index contributed by atoms with van der Waals surface area (Å²) < 4.78 is 23.0. The second-order valence-corrected chi connectivity index (χ2v) is 8.20. The average Bonchev–Trinajstić information content (AvgIpc) is 2.86.